The first-order valence-corrected chi connectivity index (χ1v) is 7.80. The zero-order valence-electron chi connectivity index (χ0n) is 11.8. The van der Waals surface area contributed by atoms with Crippen molar-refractivity contribution in [2.45, 2.75) is 18.9 Å². The summed E-state index contributed by atoms with van der Waals surface area (Å²) in [4.78, 5) is 2.18. The van der Waals surface area contributed by atoms with Crippen molar-refractivity contribution in [3.8, 4) is 0 Å². The van der Waals surface area contributed by atoms with Crippen LogP contribution < -0.4 is 5.73 Å². The highest BCUT2D eigenvalue weighted by atomic mass is 35.5. The summed E-state index contributed by atoms with van der Waals surface area (Å²) >= 11 is 12.2. The minimum atomic E-state index is 0.0873. The number of hydrogen-bond donors (Lipinski definition) is 1. The minimum Gasteiger partial charge on any atom is -0.380 e. The van der Waals surface area contributed by atoms with Crippen LogP contribution in [0.25, 0.3) is 0 Å². The standard InChI is InChI=1S/C15H22Cl2N2O/c1-19(6-7-20-10-11-2-3-11)15(9-18)13-5-4-12(16)8-14(13)17/h4-5,8,11,15H,2-3,6-7,9-10,18H2,1H3. The van der Waals surface area contributed by atoms with Crippen LogP contribution in [0.5, 0.6) is 0 Å². The number of likely N-dealkylation sites (N-methyl/N-ethyl adjacent to an activating group) is 1. The molecule has 0 aromatic heterocycles. The Morgan fingerprint density at radius 3 is 2.75 bits per heavy atom. The van der Waals surface area contributed by atoms with E-state index in [1.54, 1.807) is 6.07 Å². The van der Waals surface area contributed by atoms with Crippen LogP contribution in [0.4, 0.5) is 0 Å². The summed E-state index contributed by atoms with van der Waals surface area (Å²) in [6.07, 6.45) is 2.64. The summed E-state index contributed by atoms with van der Waals surface area (Å²) in [6.45, 7) is 2.98. The second-order valence-electron chi connectivity index (χ2n) is 5.42. The van der Waals surface area contributed by atoms with Crippen LogP contribution in [0.2, 0.25) is 10.0 Å². The molecule has 1 saturated carbocycles. The molecule has 0 radical (unpaired) electrons. The summed E-state index contributed by atoms with van der Waals surface area (Å²) < 4.78 is 5.67. The number of ether oxygens (including phenoxy) is 1. The predicted molar refractivity (Wildman–Crippen MR) is 84.4 cm³/mol. The lowest BCUT2D eigenvalue weighted by Crippen LogP contribution is -2.33. The lowest BCUT2D eigenvalue weighted by Gasteiger charge is -2.28. The van der Waals surface area contributed by atoms with Gasteiger partial charge in [-0.1, -0.05) is 29.3 Å². The highest BCUT2D eigenvalue weighted by molar-refractivity contribution is 6.35. The van der Waals surface area contributed by atoms with Gasteiger partial charge in [0.2, 0.25) is 0 Å². The molecule has 3 nitrogen and oxygen atoms in total. The number of nitrogens with zero attached hydrogens (tertiary/aromatic N) is 1. The fourth-order valence-electron chi connectivity index (χ4n) is 2.21. The first-order valence-electron chi connectivity index (χ1n) is 7.04. The van der Waals surface area contributed by atoms with E-state index in [9.17, 15) is 0 Å². The molecular formula is C15H22Cl2N2O. The van der Waals surface area contributed by atoms with Gasteiger partial charge < -0.3 is 10.5 Å². The van der Waals surface area contributed by atoms with Crippen LogP contribution >= 0.6 is 23.2 Å². The van der Waals surface area contributed by atoms with Crippen molar-refractivity contribution in [1.82, 2.24) is 4.90 Å². The molecule has 2 N–H and O–H groups in total. The van der Waals surface area contributed by atoms with Gasteiger partial charge in [0, 0.05) is 35.8 Å². The fourth-order valence-corrected chi connectivity index (χ4v) is 2.75. The summed E-state index contributed by atoms with van der Waals surface area (Å²) in [5.41, 5.74) is 6.92. The van der Waals surface area contributed by atoms with Gasteiger partial charge in [-0.15, -0.1) is 0 Å². The van der Waals surface area contributed by atoms with Gasteiger partial charge >= 0.3 is 0 Å². The molecule has 1 fully saturated rings. The molecule has 1 atom stereocenters. The number of rotatable bonds is 8. The molecule has 0 heterocycles. The molecule has 1 unspecified atom stereocenters. The van der Waals surface area contributed by atoms with Crippen LogP contribution in [0.1, 0.15) is 24.4 Å². The lowest BCUT2D eigenvalue weighted by molar-refractivity contribution is 0.0923. The van der Waals surface area contributed by atoms with Gasteiger partial charge in [0.25, 0.3) is 0 Å². The molecule has 5 heteroatoms. The third-order valence-electron chi connectivity index (χ3n) is 3.72. The lowest BCUT2D eigenvalue weighted by atomic mass is 10.1. The van der Waals surface area contributed by atoms with Gasteiger partial charge in [-0.05, 0) is 43.5 Å². The summed E-state index contributed by atoms with van der Waals surface area (Å²) in [7, 11) is 2.04. The van der Waals surface area contributed by atoms with Gasteiger partial charge in [-0.3, -0.25) is 4.90 Å². The van der Waals surface area contributed by atoms with Crippen LogP contribution in [0, 0.1) is 5.92 Å². The van der Waals surface area contributed by atoms with Gasteiger partial charge in [-0.25, -0.2) is 0 Å². The molecule has 0 bridgehead atoms. The van der Waals surface area contributed by atoms with Crippen molar-refractivity contribution < 1.29 is 4.74 Å². The Morgan fingerprint density at radius 2 is 2.15 bits per heavy atom. The molecule has 1 aliphatic rings. The largest absolute Gasteiger partial charge is 0.380 e. The summed E-state index contributed by atoms with van der Waals surface area (Å²) in [5, 5.41) is 1.31. The zero-order chi connectivity index (χ0) is 14.5. The normalized spacial score (nSPS) is 16.6. The average Bonchev–Trinajstić information content (AvgIpc) is 3.22. The minimum absolute atomic E-state index is 0.0873. The second kappa shape index (κ2) is 7.62. The highest BCUT2D eigenvalue weighted by Crippen LogP contribution is 2.30. The van der Waals surface area contributed by atoms with Crippen LogP contribution in [-0.2, 0) is 4.74 Å². The van der Waals surface area contributed by atoms with Gasteiger partial charge in [0.15, 0.2) is 0 Å². The van der Waals surface area contributed by atoms with Gasteiger partial charge in [-0.2, -0.15) is 0 Å². The van der Waals surface area contributed by atoms with E-state index >= 15 is 0 Å². The quantitative estimate of drug-likeness (QED) is 0.747. The van der Waals surface area contributed by atoms with Crippen LogP contribution in [0.15, 0.2) is 18.2 Å². The molecule has 20 heavy (non-hydrogen) atoms. The topological polar surface area (TPSA) is 38.5 Å². The fraction of sp³-hybridized carbons (Fsp3) is 0.600. The van der Waals surface area contributed by atoms with Crippen molar-refractivity contribution in [1.29, 1.82) is 0 Å². The van der Waals surface area contributed by atoms with E-state index in [4.69, 9.17) is 33.7 Å². The first kappa shape index (κ1) is 16.1. The molecule has 0 saturated heterocycles. The van der Waals surface area contributed by atoms with E-state index < -0.39 is 0 Å². The molecule has 1 aromatic carbocycles. The van der Waals surface area contributed by atoms with Crippen molar-refractivity contribution in [2.24, 2.45) is 11.7 Å². The van der Waals surface area contributed by atoms with Crippen LogP contribution in [0.3, 0.4) is 0 Å². The maximum atomic E-state index is 6.26. The molecule has 0 amide bonds. The average molecular weight is 317 g/mol. The molecule has 0 aliphatic heterocycles. The maximum absolute atomic E-state index is 6.26. The van der Waals surface area contributed by atoms with Crippen molar-refractivity contribution in [2.75, 3.05) is 33.4 Å². The Balaban J connectivity index is 1.88. The maximum Gasteiger partial charge on any atom is 0.0593 e. The Bertz CT molecular complexity index is 438. The van der Waals surface area contributed by atoms with E-state index in [-0.39, 0.29) is 6.04 Å². The molecule has 112 valence electrons. The molecule has 2 rings (SSSR count). The Labute approximate surface area is 131 Å². The number of nitrogens with two attached hydrogens (primary N) is 1. The van der Waals surface area contributed by atoms with Crippen molar-refractivity contribution >= 4 is 23.2 Å². The Morgan fingerprint density at radius 1 is 1.40 bits per heavy atom. The molecule has 1 aliphatic carbocycles. The second-order valence-corrected chi connectivity index (χ2v) is 6.26. The Hall–Kier alpha value is -0.320. The molecule has 0 spiro atoms. The van der Waals surface area contributed by atoms with E-state index in [2.05, 4.69) is 4.90 Å². The van der Waals surface area contributed by atoms with Gasteiger partial charge in [0.05, 0.1) is 6.61 Å². The first-order chi connectivity index (χ1) is 9.61. The van der Waals surface area contributed by atoms with Gasteiger partial charge in [0.1, 0.15) is 0 Å². The predicted octanol–water partition coefficient (Wildman–Crippen LogP) is 3.35. The SMILES string of the molecule is CN(CCOCC1CC1)C(CN)c1ccc(Cl)cc1Cl. The number of hydrogen-bond acceptors (Lipinski definition) is 3. The van der Waals surface area contributed by atoms with E-state index in [0.717, 1.165) is 31.2 Å². The molecule has 1 aromatic rings. The third-order valence-corrected chi connectivity index (χ3v) is 4.28. The highest BCUT2D eigenvalue weighted by Gasteiger charge is 2.22. The van der Waals surface area contributed by atoms with E-state index in [1.165, 1.54) is 12.8 Å². The third kappa shape index (κ3) is 4.61. The number of halogens is 2. The molecular weight excluding hydrogens is 295 g/mol. The number of benzene rings is 1. The smallest absolute Gasteiger partial charge is 0.0593 e. The van der Waals surface area contributed by atoms with Crippen LogP contribution in [-0.4, -0.2) is 38.3 Å². The monoisotopic (exact) mass is 316 g/mol. The summed E-state index contributed by atoms with van der Waals surface area (Å²) in [5.74, 6) is 0.802. The Kier molecular flexibility index (Phi) is 6.12. The summed E-state index contributed by atoms with van der Waals surface area (Å²) in [6, 6.07) is 5.65. The van der Waals surface area contributed by atoms with Crippen molar-refractivity contribution in [3.63, 3.8) is 0 Å². The van der Waals surface area contributed by atoms with Crippen molar-refractivity contribution in [3.05, 3.63) is 33.8 Å². The van der Waals surface area contributed by atoms with E-state index in [0.29, 0.717) is 16.6 Å². The zero-order valence-corrected chi connectivity index (χ0v) is 13.3. The van der Waals surface area contributed by atoms with E-state index in [1.807, 2.05) is 19.2 Å².